The molecule has 2 rings (SSSR count). The minimum Gasteiger partial charge on any atom is -0.462 e. The van der Waals surface area contributed by atoms with E-state index >= 15 is 0 Å². The molecule has 0 unspecified atom stereocenters. The Morgan fingerprint density at radius 2 is 1.62 bits per heavy atom. The molecule has 0 aliphatic heterocycles. The van der Waals surface area contributed by atoms with Gasteiger partial charge >= 0.3 is 11.9 Å². The molecule has 0 atom stereocenters. The molecule has 0 saturated carbocycles. The van der Waals surface area contributed by atoms with E-state index in [-0.39, 0.29) is 29.3 Å². The van der Waals surface area contributed by atoms with Gasteiger partial charge < -0.3 is 9.47 Å². The van der Waals surface area contributed by atoms with Crippen molar-refractivity contribution >= 4 is 63.6 Å². The van der Waals surface area contributed by atoms with E-state index in [0.29, 0.717) is 5.00 Å². The highest BCUT2D eigenvalue weighted by Crippen LogP contribution is 2.42. The second-order valence-electron chi connectivity index (χ2n) is 4.76. The summed E-state index contributed by atoms with van der Waals surface area (Å²) in [4.78, 5) is 34.8. The molecular formula is C18H18N2O4S2. The fourth-order valence-electron chi connectivity index (χ4n) is 2.06. The fraction of sp³-hybridized carbons (Fsp3) is 0.222. The van der Waals surface area contributed by atoms with Crippen LogP contribution in [0.5, 0.6) is 0 Å². The average Bonchev–Trinajstić information content (AvgIpc) is 3.24. The third-order valence-corrected chi connectivity index (χ3v) is 5.18. The molecule has 26 heavy (non-hydrogen) atoms. The minimum absolute atomic E-state index is 0.0374. The molecule has 8 heteroatoms. The Kier molecular flexibility index (Phi) is 6.99. The van der Waals surface area contributed by atoms with Crippen molar-refractivity contribution in [2.75, 3.05) is 13.2 Å². The third-order valence-electron chi connectivity index (χ3n) is 3.13. The summed E-state index contributed by atoms with van der Waals surface area (Å²) in [5, 5.41) is 0.596. The first-order valence-electron chi connectivity index (χ1n) is 7.79. The third kappa shape index (κ3) is 4.33. The zero-order valence-corrected chi connectivity index (χ0v) is 16.1. The molecule has 2 heterocycles. The van der Waals surface area contributed by atoms with Crippen LogP contribution in [0.2, 0.25) is 0 Å². The fourth-order valence-corrected chi connectivity index (χ4v) is 3.73. The van der Waals surface area contributed by atoms with Gasteiger partial charge in [-0.2, -0.15) is 0 Å². The Balaban J connectivity index is 2.52. The zero-order chi connectivity index (χ0) is 19.1. The van der Waals surface area contributed by atoms with Crippen molar-refractivity contribution in [3.05, 3.63) is 39.6 Å². The number of carbonyl (C=O) groups is 2. The van der Waals surface area contributed by atoms with Gasteiger partial charge in [0, 0.05) is 16.0 Å². The summed E-state index contributed by atoms with van der Waals surface area (Å²) >= 11 is 2.58. The number of esters is 2. The van der Waals surface area contributed by atoms with E-state index in [4.69, 9.17) is 9.47 Å². The summed E-state index contributed by atoms with van der Waals surface area (Å²) in [5.41, 5.74) is 0.0878. The first-order chi connectivity index (χ1) is 12.5. The Bertz CT molecular complexity index is 865. The van der Waals surface area contributed by atoms with Gasteiger partial charge in [-0.05, 0) is 32.7 Å². The molecule has 0 spiro atoms. The normalized spacial score (nSPS) is 10.7. The molecule has 0 aliphatic rings. The van der Waals surface area contributed by atoms with Crippen LogP contribution >= 0.6 is 22.7 Å². The lowest BCUT2D eigenvalue weighted by Crippen LogP contribution is -2.12. The van der Waals surface area contributed by atoms with Crippen LogP contribution in [0.3, 0.4) is 0 Å². The van der Waals surface area contributed by atoms with Crippen molar-refractivity contribution in [3.8, 4) is 0 Å². The standard InChI is InChI=1S/C18H18N2O4S2/c1-5-11-8-9-12(25-11)10-20-16-14(18(22)24-7-3)13(15(19-4)26-16)17(21)23-6-2/h5,8-10H,1,4,6-7H2,2-3H3/b20-10+. The molecule has 0 aromatic carbocycles. The molecule has 0 bridgehead atoms. The van der Waals surface area contributed by atoms with E-state index in [0.717, 1.165) is 21.1 Å². The zero-order valence-electron chi connectivity index (χ0n) is 14.5. The van der Waals surface area contributed by atoms with Crippen molar-refractivity contribution in [3.63, 3.8) is 0 Å². The lowest BCUT2D eigenvalue weighted by Gasteiger charge is -2.05. The first-order valence-corrected chi connectivity index (χ1v) is 9.43. The van der Waals surface area contributed by atoms with Gasteiger partial charge in [0.25, 0.3) is 0 Å². The Hall–Kier alpha value is -2.58. The molecule has 0 N–H and O–H groups in total. The predicted octanol–water partition coefficient (Wildman–Crippen LogP) is 4.89. The number of ether oxygens (including phenoxy) is 2. The lowest BCUT2D eigenvalue weighted by atomic mass is 10.1. The SMILES string of the molecule is C=Cc1ccc(/C=N/c2sc(N=C)c(C(=O)OCC)c2C(=O)OCC)s1. The van der Waals surface area contributed by atoms with Gasteiger partial charge in [-0.15, -0.1) is 11.3 Å². The lowest BCUT2D eigenvalue weighted by molar-refractivity contribution is 0.0481. The highest BCUT2D eigenvalue weighted by atomic mass is 32.1. The molecule has 2 aromatic rings. The topological polar surface area (TPSA) is 77.3 Å². The number of thiophene rings is 2. The maximum absolute atomic E-state index is 12.4. The van der Waals surface area contributed by atoms with Gasteiger partial charge in [0.2, 0.25) is 0 Å². The molecular weight excluding hydrogens is 372 g/mol. The van der Waals surface area contributed by atoms with Crippen molar-refractivity contribution < 1.29 is 19.1 Å². The van der Waals surface area contributed by atoms with Crippen LogP contribution in [-0.2, 0) is 9.47 Å². The van der Waals surface area contributed by atoms with E-state index in [1.54, 1.807) is 26.1 Å². The van der Waals surface area contributed by atoms with Crippen LogP contribution < -0.4 is 0 Å². The van der Waals surface area contributed by atoms with E-state index in [9.17, 15) is 9.59 Å². The predicted molar refractivity (Wildman–Crippen MR) is 107 cm³/mol. The van der Waals surface area contributed by atoms with Crippen molar-refractivity contribution in [2.24, 2.45) is 9.98 Å². The maximum Gasteiger partial charge on any atom is 0.342 e. The van der Waals surface area contributed by atoms with Crippen LogP contribution in [-0.4, -0.2) is 38.1 Å². The second-order valence-corrected chi connectivity index (χ2v) is 6.89. The molecule has 136 valence electrons. The molecule has 0 amide bonds. The largest absolute Gasteiger partial charge is 0.462 e. The minimum atomic E-state index is -0.652. The van der Waals surface area contributed by atoms with Gasteiger partial charge in [-0.25, -0.2) is 14.6 Å². The molecule has 6 nitrogen and oxygen atoms in total. The van der Waals surface area contributed by atoms with E-state index in [1.807, 2.05) is 12.1 Å². The van der Waals surface area contributed by atoms with Crippen molar-refractivity contribution in [1.29, 1.82) is 0 Å². The van der Waals surface area contributed by atoms with Crippen molar-refractivity contribution in [1.82, 2.24) is 0 Å². The number of hydrogen-bond acceptors (Lipinski definition) is 8. The molecule has 0 radical (unpaired) electrons. The summed E-state index contributed by atoms with van der Waals surface area (Å²) in [7, 11) is 0. The Labute approximate surface area is 159 Å². The number of hydrogen-bond donors (Lipinski definition) is 0. The van der Waals surface area contributed by atoms with Gasteiger partial charge in [-0.3, -0.25) is 4.99 Å². The monoisotopic (exact) mass is 390 g/mol. The number of carbonyl (C=O) groups excluding carboxylic acids is 2. The highest BCUT2D eigenvalue weighted by molar-refractivity contribution is 7.20. The van der Waals surface area contributed by atoms with E-state index < -0.39 is 11.9 Å². The number of aliphatic imine (C=N–C) groups is 2. The summed E-state index contributed by atoms with van der Waals surface area (Å²) < 4.78 is 10.1. The number of rotatable bonds is 8. The van der Waals surface area contributed by atoms with Crippen LogP contribution in [0.4, 0.5) is 10.0 Å². The number of nitrogens with zero attached hydrogens (tertiary/aromatic N) is 2. The summed E-state index contributed by atoms with van der Waals surface area (Å²) in [6.07, 6.45) is 3.36. The van der Waals surface area contributed by atoms with E-state index in [1.165, 1.54) is 11.3 Å². The van der Waals surface area contributed by atoms with Crippen LogP contribution in [0.25, 0.3) is 6.08 Å². The summed E-state index contributed by atoms with van der Waals surface area (Å²) in [6.45, 7) is 10.9. The maximum atomic E-state index is 12.4. The highest BCUT2D eigenvalue weighted by Gasteiger charge is 2.30. The van der Waals surface area contributed by atoms with Crippen LogP contribution in [0.1, 0.15) is 44.3 Å². The Morgan fingerprint density at radius 1 is 1.04 bits per heavy atom. The van der Waals surface area contributed by atoms with Crippen LogP contribution in [0.15, 0.2) is 28.7 Å². The quantitative estimate of drug-likeness (QED) is 0.475. The molecule has 0 saturated heterocycles. The van der Waals surface area contributed by atoms with Crippen molar-refractivity contribution in [2.45, 2.75) is 13.8 Å². The Morgan fingerprint density at radius 3 is 2.12 bits per heavy atom. The van der Waals surface area contributed by atoms with E-state index in [2.05, 4.69) is 23.3 Å². The second kappa shape index (κ2) is 9.21. The van der Waals surface area contributed by atoms with Crippen LogP contribution in [0, 0.1) is 0 Å². The first kappa shape index (κ1) is 19.7. The summed E-state index contributed by atoms with van der Waals surface area (Å²) in [6, 6.07) is 3.81. The van der Waals surface area contributed by atoms with Gasteiger partial charge in [0.1, 0.15) is 21.1 Å². The smallest absolute Gasteiger partial charge is 0.342 e. The van der Waals surface area contributed by atoms with Gasteiger partial charge in [0.15, 0.2) is 0 Å². The molecule has 2 aromatic heterocycles. The van der Waals surface area contributed by atoms with Gasteiger partial charge in [-0.1, -0.05) is 24.0 Å². The van der Waals surface area contributed by atoms with Gasteiger partial charge in [0.05, 0.1) is 13.2 Å². The summed E-state index contributed by atoms with van der Waals surface area (Å²) in [5.74, 6) is -1.30. The molecule has 0 fully saturated rings. The average molecular weight is 390 g/mol. The molecule has 0 aliphatic carbocycles.